The lowest BCUT2D eigenvalue weighted by Gasteiger charge is -2.37. The Kier molecular flexibility index (Phi) is 4.48. The minimum atomic E-state index is -0.619. The van der Waals surface area contributed by atoms with Crippen molar-refractivity contribution in [2.45, 2.75) is 26.2 Å². The average Bonchev–Trinajstić information content (AvgIpc) is 2.48. The SMILES string of the molecule is CC(C)OC1c2ccccc2OC(=O)N1c1ccc(Cl)cc1Cl. The molecule has 0 bridgehead atoms. The first-order valence-electron chi connectivity index (χ1n) is 7.18. The van der Waals surface area contributed by atoms with Gasteiger partial charge in [-0.1, -0.05) is 41.4 Å². The molecule has 1 aliphatic rings. The van der Waals surface area contributed by atoms with E-state index in [1.165, 1.54) is 4.90 Å². The van der Waals surface area contributed by atoms with Crippen molar-refractivity contribution < 1.29 is 14.3 Å². The third-order valence-corrected chi connectivity index (χ3v) is 3.92. The van der Waals surface area contributed by atoms with Gasteiger partial charge in [-0.15, -0.1) is 0 Å². The summed E-state index contributed by atoms with van der Waals surface area (Å²) >= 11 is 12.2. The van der Waals surface area contributed by atoms with Gasteiger partial charge in [-0.05, 0) is 38.1 Å². The van der Waals surface area contributed by atoms with Gasteiger partial charge < -0.3 is 9.47 Å². The molecule has 2 aromatic carbocycles. The van der Waals surface area contributed by atoms with Crippen molar-refractivity contribution in [2.75, 3.05) is 4.90 Å². The molecule has 0 fully saturated rings. The van der Waals surface area contributed by atoms with E-state index >= 15 is 0 Å². The van der Waals surface area contributed by atoms with Crippen LogP contribution in [0, 0.1) is 0 Å². The van der Waals surface area contributed by atoms with Crippen LogP contribution in [0.5, 0.6) is 5.75 Å². The summed E-state index contributed by atoms with van der Waals surface area (Å²) in [4.78, 5) is 13.9. The number of ether oxygens (including phenoxy) is 2. The third-order valence-electron chi connectivity index (χ3n) is 3.38. The first-order valence-corrected chi connectivity index (χ1v) is 7.93. The van der Waals surface area contributed by atoms with Crippen molar-refractivity contribution in [1.82, 2.24) is 0 Å². The highest BCUT2D eigenvalue weighted by molar-refractivity contribution is 6.36. The number of benzene rings is 2. The molecule has 6 heteroatoms. The number of amides is 1. The van der Waals surface area contributed by atoms with Crippen LogP contribution in [-0.4, -0.2) is 12.2 Å². The van der Waals surface area contributed by atoms with Crippen molar-refractivity contribution in [3.63, 3.8) is 0 Å². The molecule has 1 unspecified atom stereocenters. The summed E-state index contributed by atoms with van der Waals surface area (Å²) < 4.78 is 11.4. The molecule has 0 aromatic heterocycles. The number of anilines is 1. The van der Waals surface area contributed by atoms with Crippen LogP contribution in [0.25, 0.3) is 0 Å². The monoisotopic (exact) mass is 351 g/mol. The topological polar surface area (TPSA) is 38.8 Å². The molecule has 0 spiro atoms. The molecule has 0 N–H and O–H groups in total. The number of carbonyl (C=O) groups is 1. The van der Waals surface area contributed by atoms with Gasteiger partial charge in [-0.2, -0.15) is 0 Å². The van der Waals surface area contributed by atoms with Crippen LogP contribution in [0.3, 0.4) is 0 Å². The number of rotatable bonds is 3. The maximum absolute atomic E-state index is 12.5. The summed E-state index contributed by atoms with van der Waals surface area (Å²) in [6.07, 6.45) is -1.25. The van der Waals surface area contributed by atoms with Crippen molar-refractivity contribution >= 4 is 35.0 Å². The van der Waals surface area contributed by atoms with Crippen molar-refractivity contribution in [3.05, 3.63) is 58.1 Å². The maximum Gasteiger partial charge on any atom is 0.422 e. The highest BCUT2D eigenvalue weighted by atomic mass is 35.5. The highest BCUT2D eigenvalue weighted by Gasteiger charge is 2.37. The van der Waals surface area contributed by atoms with Gasteiger partial charge in [0.05, 0.1) is 16.8 Å². The van der Waals surface area contributed by atoms with Crippen LogP contribution in [0.1, 0.15) is 25.6 Å². The standard InChI is InChI=1S/C17H15Cl2NO3/c1-10(2)22-16-12-5-3-4-6-15(12)23-17(21)20(16)14-8-7-11(18)9-13(14)19/h3-10,16H,1-2H3. The predicted octanol–water partition coefficient (Wildman–Crippen LogP) is 5.44. The molecule has 2 aromatic rings. The van der Waals surface area contributed by atoms with E-state index in [0.717, 1.165) is 5.56 Å². The molecule has 3 rings (SSSR count). The molecule has 23 heavy (non-hydrogen) atoms. The Labute approximate surface area is 144 Å². The number of halogens is 2. The Balaban J connectivity index is 2.11. The summed E-state index contributed by atoms with van der Waals surface area (Å²) in [6, 6.07) is 12.2. The van der Waals surface area contributed by atoms with Crippen molar-refractivity contribution in [2.24, 2.45) is 0 Å². The van der Waals surface area contributed by atoms with E-state index in [0.29, 0.717) is 21.5 Å². The minimum absolute atomic E-state index is 0.0902. The molecule has 1 aliphatic heterocycles. The van der Waals surface area contributed by atoms with Gasteiger partial charge in [0.1, 0.15) is 5.75 Å². The van der Waals surface area contributed by atoms with Crippen LogP contribution in [-0.2, 0) is 4.74 Å². The quantitative estimate of drug-likeness (QED) is 0.739. The zero-order valence-electron chi connectivity index (χ0n) is 12.6. The second-order valence-corrected chi connectivity index (χ2v) is 6.25. The summed E-state index contributed by atoms with van der Waals surface area (Å²) in [7, 11) is 0. The van der Waals surface area contributed by atoms with Gasteiger partial charge in [0, 0.05) is 10.6 Å². The second-order valence-electron chi connectivity index (χ2n) is 5.41. The third kappa shape index (κ3) is 3.15. The molecule has 4 nitrogen and oxygen atoms in total. The van der Waals surface area contributed by atoms with Gasteiger partial charge in [0.15, 0.2) is 6.23 Å². The van der Waals surface area contributed by atoms with Gasteiger partial charge in [0.25, 0.3) is 0 Å². The van der Waals surface area contributed by atoms with E-state index in [9.17, 15) is 4.79 Å². The molecular formula is C17H15Cl2NO3. The molecule has 0 saturated heterocycles. The smallest absolute Gasteiger partial charge is 0.409 e. The fourth-order valence-corrected chi connectivity index (χ4v) is 2.95. The lowest BCUT2D eigenvalue weighted by molar-refractivity contribution is 0.000798. The lowest BCUT2D eigenvalue weighted by Crippen LogP contribution is -2.43. The van der Waals surface area contributed by atoms with E-state index < -0.39 is 12.3 Å². The molecule has 1 amide bonds. The molecule has 0 aliphatic carbocycles. The van der Waals surface area contributed by atoms with Gasteiger partial charge in [-0.25, -0.2) is 9.69 Å². The Morgan fingerprint density at radius 2 is 1.91 bits per heavy atom. The molecular weight excluding hydrogens is 337 g/mol. The zero-order chi connectivity index (χ0) is 16.6. The number of nitrogens with zero attached hydrogens (tertiary/aromatic N) is 1. The number of para-hydroxylation sites is 1. The van der Waals surface area contributed by atoms with Crippen LogP contribution in [0.15, 0.2) is 42.5 Å². The maximum atomic E-state index is 12.5. The normalized spacial score (nSPS) is 17.2. The molecule has 1 heterocycles. The molecule has 120 valence electrons. The minimum Gasteiger partial charge on any atom is -0.409 e. The Morgan fingerprint density at radius 3 is 2.61 bits per heavy atom. The first-order chi connectivity index (χ1) is 11.0. The Bertz CT molecular complexity index is 748. The highest BCUT2D eigenvalue weighted by Crippen LogP contribution is 2.41. The summed E-state index contributed by atoms with van der Waals surface area (Å²) in [5.41, 5.74) is 1.26. The predicted molar refractivity (Wildman–Crippen MR) is 90.4 cm³/mol. The fourth-order valence-electron chi connectivity index (χ4n) is 2.45. The van der Waals surface area contributed by atoms with Crippen LogP contribution in [0.2, 0.25) is 10.0 Å². The first kappa shape index (κ1) is 16.1. The fraction of sp³-hybridized carbons (Fsp3) is 0.235. The van der Waals surface area contributed by atoms with Crippen molar-refractivity contribution in [1.29, 1.82) is 0 Å². The summed E-state index contributed by atoms with van der Waals surface area (Å²) in [5.74, 6) is 0.490. The molecule has 1 atom stereocenters. The summed E-state index contributed by atoms with van der Waals surface area (Å²) in [5, 5.41) is 0.844. The zero-order valence-corrected chi connectivity index (χ0v) is 14.1. The van der Waals surface area contributed by atoms with E-state index in [2.05, 4.69) is 0 Å². The van der Waals surface area contributed by atoms with Gasteiger partial charge in [-0.3, -0.25) is 0 Å². The van der Waals surface area contributed by atoms with Crippen LogP contribution in [0.4, 0.5) is 10.5 Å². The van der Waals surface area contributed by atoms with E-state index in [1.807, 2.05) is 32.0 Å². The van der Waals surface area contributed by atoms with Gasteiger partial charge in [0.2, 0.25) is 0 Å². The number of fused-ring (bicyclic) bond motifs is 1. The largest absolute Gasteiger partial charge is 0.422 e. The Morgan fingerprint density at radius 1 is 1.17 bits per heavy atom. The average molecular weight is 352 g/mol. The van der Waals surface area contributed by atoms with Gasteiger partial charge >= 0.3 is 6.09 Å². The van der Waals surface area contributed by atoms with Crippen LogP contribution < -0.4 is 9.64 Å². The molecule has 0 radical (unpaired) electrons. The van der Waals surface area contributed by atoms with Crippen LogP contribution >= 0.6 is 23.2 Å². The second kappa shape index (κ2) is 6.40. The van der Waals surface area contributed by atoms with E-state index in [4.69, 9.17) is 32.7 Å². The Hall–Kier alpha value is -1.75. The number of hydrogen-bond donors (Lipinski definition) is 0. The summed E-state index contributed by atoms with van der Waals surface area (Å²) in [6.45, 7) is 3.81. The van der Waals surface area contributed by atoms with E-state index in [-0.39, 0.29) is 6.10 Å². The molecule has 0 saturated carbocycles. The van der Waals surface area contributed by atoms with E-state index in [1.54, 1.807) is 24.3 Å². The van der Waals surface area contributed by atoms with Crippen molar-refractivity contribution in [3.8, 4) is 5.75 Å². The number of hydrogen-bond acceptors (Lipinski definition) is 3. The number of carbonyl (C=O) groups excluding carboxylic acids is 1. The lowest BCUT2D eigenvalue weighted by atomic mass is 10.1.